The first-order valence-corrected chi connectivity index (χ1v) is 7.47. The lowest BCUT2D eigenvalue weighted by molar-refractivity contribution is -0.143. The van der Waals surface area contributed by atoms with Crippen LogP contribution in [0.2, 0.25) is 0 Å². The Morgan fingerprint density at radius 2 is 1.44 bits per heavy atom. The van der Waals surface area contributed by atoms with E-state index in [1.165, 1.54) is 0 Å². The van der Waals surface area contributed by atoms with Gasteiger partial charge in [-0.2, -0.15) is 0 Å². The number of hydrogen-bond donors (Lipinski definition) is 2. The van der Waals surface area contributed by atoms with Gasteiger partial charge in [0, 0.05) is 0 Å². The van der Waals surface area contributed by atoms with Gasteiger partial charge in [-0.25, -0.2) is 0 Å². The van der Waals surface area contributed by atoms with E-state index in [-0.39, 0.29) is 11.5 Å². The summed E-state index contributed by atoms with van der Waals surface area (Å²) >= 11 is 0. The van der Waals surface area contributed by atoms with Gasteiger partial charge in [0.15, 0.2) is 0 Å². The lowest BCUT2D eigenvalue weighted by atomic mass is 9.49. The summed E-state index contributed by atoms with van der Waals surface area (Å²) in [7, 11) is 0. The standard InChI is InChI=1S/C16H30O2/c1-14(2)8-6-11-12(10-15(11,3)4)16(5,18)9-7-13(14)17/h11-13,17-18H,6-10H2,1-5H3. The average Bonchev–Trinajstić information content (AvgIpc) is 2.24. The SMILES string of the molecule is CC1(C)CCC2C(CC2(C)C)C(C)(O)CCC1O. The third-order valence-electron chi connectivity index (χ3n) is 5.96. The maximum Gasteiger partial charge on any atom is 0.0651 e. The minimum Gasteiger partial charge on any atom is -0.393 e. The fourth-order valence-corrected chi connectivity index (χ4v) is 4.19. The molecule has 106 valence electrons. The molecular weight excluding hydrogens is 224 g/mol. The first kappa shape index (κ1) is 14.3. The van der Waals surface area contributed by atoms with Gasteiger partial charge in [-0.05, 0) is 61.7 Å². The molecule has 2 saturated carbocycles. The Kier molecular flexibility index (Phi) is 3.35. The quantitative estimate of drug-likeness (QED) is 0.696. The summed E-state index contributed by atoms with van der Waals surface area (Å²) in [6.45, 7) is 11.0. The van der Waals surface area contributed by atoms with E-state index < -0.39 is 5.60 Å². The van der Waals surface area contributed by atoms with E-state index in [9.17, 15) is 10.2 Å². The fourth-order valence-electron chi connectivity index (χ4n) is 4.19. The predicted molar refractivity (Wildman–Crippen MR) is 74.3 cm³/mol. The Labute approximate surface area is 112 Å². The van der Waals surface area contributed by atoms with Crippen LogP contribution in [0.3, 0.4) is 0 Å². The second-order valence-corrected chi connectivity index (χ2v) is 8.34. The maximum absolute atomic E-state index is 10.7. The van der Waals surface area contributed by atoms with Crippen LogP contribution in [0.4, 0.5) is 0 Å². The second-order valence-electron chi connectivity index (χ2n) is 8.34. The minimum atomic E-state index is -0.596. The highest BCUT2D eigenvalue weighted by Crippen LogP contribution is 2.59. The number of rotatable bonds is 0. The normalized spacial score (nSPS) is 47.2. The molecule has 4 atom stereocenters. The summed E-state index contributed by atoms with van der Waals surface area (Å²) in [5, 5.41) is 21.0. The van der Waals surface area contributed by atoms with Crippen molar-refractivity contribution in [1.82, 2.24) is 0 Å². The topological polar surface area (TPSA) is 40.5 Å². The Morgan fingerprint density at radius 1 is 0.833 bits per heavy atom. The molecule has 0 aromatic heterocycles. The third-order valence-corrected chi connectivity index (χ3v) is 5.96. The molecule has 0 aromatic rings. The average molecular weight is 254 g/mol. The van der Waals surface area contributed by atoms with Gasteiger partial charge in [-0.1, -0.05) is 27.7 Å². The molecule has 2 aliphatic carbocycles. The maximum atomic E-state index is 10.7. The van der Waals surface area contributed by atoms with Crippen LogP contribution >= 0.6 is 0 Å². The summed E-state index contributed by atoms with van der Waals surface area (Å²) in [5.41, 5.74) is -0.252. The van der Waals surface area contributed by atoms with Crippen molar-refractivity contribution < 1.29 is 10.2 Å². The van der Waals surface area contributed by atoms with Crippen molar-refractivity contribution >= 4 is 0 Å². The van der Waals surface area contributed by atoms with E-state index in [1.54, 1.807) is 0 Å². The van der Waals surface area contributed by atoms with E-state index in [2.05, 4.69) is 27.7 Å². The molecule has 2 heteroatoms. The third kappa shape index (κ3) is 2.34. The van der Waals surface area contributed by atoms with Crippen LogP contribution in [0.5, 0.6) is 0 Å². The van der Waals surface area contributed by atoms with Crippen LogP contribution in [0.1, 0.15) is 66.7 Å². The molecule has 2 aliphatic rings. The molecule has 0 bridgehead atoms. The number of fused-ring (bicyclic) bond motifs is 1. The lowest BCUT2D eigenvalue weighted by Crippen LogP contribution is -2.54. The Bertz CT molecular complexity index is 317. The smallest absolute Gasteiger partial charge is 0.0651 e. The van der Waals surface area contributed by atoms with E-state index in [1.807, 2.05) is 6.92 Å². The molecule has 0 spiro atoms. The van der Waals surface area contributed by atoms with E-state index >= 15 is 0 Å². The monoisotopic (exact) mass is 254 g/mol. The molecule has 2 fully saturated rings. The van der Waals surface area contributed by atoms with Gasteiger partial charge in [0.1, 0.15) is 0 Å². The molecule has 0 radical (unpaired) electrons. The number of aliphatic hydroxyl groups is 2. The van der Waals surface area contributed by atoms with E-state index in [0.29, 0.717) is 17.3 Å². The van der Waals surface area contributed by atoms with Crippen LogP contribution in [-0.4, -0.2) is 21.9 Å². The van der Waals surface area contributed by atoms with Crippen molar-refractivity contribution in [1.29, 1.82) is 0 Å². The van der Waals surface area contributed by atoms with Gasteiger partial charge in [-0.3, -0.25) is 0 Å². The molecule has 2 rings (SSSR count). The summed E-state index contributed by atoms with van der Waals surface area (Å²) in [5.74, 6) is 1.03. The molecule has 0 saturated heterocycles. The Hall–Kier alpha value is -0.0800. The molecule has 0 aromatic carbocycles. The lowest BCUT2D eigenvalue weighted by Gasteiger charge is -2.57. The van der Waals surface area contributed by atoms with Crippen LogP contribution < -0.4 is 0 Å². The van der Waals surface area contributed by atoms with Crippen LogP contribution in [0.25, 0.3) is 0 Å². The van der Waals surface area contributed by atoms with Gasteiger partial charge in [0.25, 0.3) is 0 Å². The zero-order valence-corrected chi connectivity index (χ0v) is 12.7. The highest BCUT2D eigenvalue weighted by molar-refractivity contribution is 5.04. The van der Waals surface area contributed by atoms with Crippen LogP contribution in [0.15, 0.2) is 0 Å². The molecule has 0 amide bonds. The largest absolute Gasteiger partial charge is 0.393 e. The summed E-state index contributed by atoms with van der Waals surface area (Å²) in [6, 6.07) is 0. The zero-order valence-electron chi connectivity index (χ0n) is 12.7. The molecule has 0 aliphatic heterocycles. The Balaban J connectivity index is 2.21. The first-order chi connectivity index (χ1) is 8.06. The number of aliphatic hydroxyl groups excluding tert-OH is 1. The molecule has 18 heavy (non-hydrogen) atoms. The van der Waals surface area contributed by atoms with Gasteiger partial charge >= 0.3 is 0 Å². The first-order valence-electron chi connectivity index (χ1n) is 7.47. The Morgan fingerprint density at radius 3 is 2.00 bits per heavy atom. The zero-order chi connectivity index (χ0) is 13.8. The fraction of sp³-hybridized carbons (Fsp3) is 1.00. The van der Waals surface area contributed by atoms with Crippen molar-refractivity contribution in [3.8, 4) is 0 Å². The van der Waals surface area contributed by atoms with Gasteiger partial charge in [0.2, 0.25) is 0 Å². The van der Waals surface area contributed by atoms with Gasteiger partial charge in [-0.15, -0.1) is 0 Å². The van der Waals surface area contributed by atoms with Gasteiger partial charge < -0.3 is 10.2 Å². The summed E-state index contributed by atoms with van der Waals surface area (Å²) in [4.78, 5) is 0. The molecule has 2 N–H and O–H groups in total. The van der Waals surface area contributed by atoms with Crippen molar-refractivity contribution in [2.75, 3.05) is 0 Å². The molecule has 0 heterocycles. The summed E-state index contributed by atoms with van der Waals surface area (Å²) < 4.78 is 0. The summed E-state index contributed by atoms with van der Waals surface area (Å²) in [6.07, 6.45) is 4.50. The van der Waals surface area contributed by atoms with Gasteiger partial charge in [0.05, 0.1) is 11.7 Å². The van der Waals surface area contributed by atoms with Crippen molar-refractivity contribution in [3.63, 3.8) is 0 Å². The van der Waals surface area contributed by atoms with Crippen molar-refractivity contribution in [2.45, 2.75) is 78.4 Å². The van der Waals surface area contributed by atoms with E-state index in [4.69, 9.17) is 0 Å². The minimum absolute atomic E-state index is 0.0172. The highest BCUT2D eigenvalue weighted by Gasteiger charge is 2.54. The van der Waals surface area contributed by atoms with E-state index in [0.717, 1.165) is 32.1 Å². The molecular formula is C16H30O2. The molecule has 2 nitrogen and oxygen atoms in total. The van der Waals surface area contributed by atoms with Crippen molar-refractivity contribution in [2.24, 2.45) is 22.7 Å². The number of hydrogen-bond acceptors (Lipinski definition) is 2. The van der Waals surface area contributed by atoms with Crippen LogP contribution in [-0.2, 0) is 0 Å². The second kappa shape index (κ2) is 4.21. The molecule has 4 unspecified atom stereocenters. The predicted octanol–water partition coefficient (Wildman–Crippen LogP) is 3.36. The van der Waals surface area contributed by atoms with Crippen molar-refractivity contribution in [3.05, 3.63) is 0 Å². The highest BCUT2D eigenvalue weighted by atomic mass is 16.3. The van der Waals surface area contributed by atoms with Crippen LogP contribution in [0, 0.1) is 22.7 Å².